The summed E-state index contributed by atoms with van der Waals surface area (Å²) in [6.07, 6.45) is 11.1. The van der Waals surface area contributed by atoms with E-state index in [0.29, 0.717) is 6.10 Å². The maximum Gasteiger partial charge on any atom is 0.119 e. The Morgan fingerprint density at radius 2 is 1.24 bits per heavy atom. The minimum atomic E-state index is 0.447. The third kappa shape index (κ3) is 4.02. The van der Waals surface area contributed by atoms with E-state index in [-0.39, 0.29) is 0 Å². The fourth-order valence-electron chi connectivity index (χ4n) is 3.95. The van der Waals surface area contributed by atoms with Crippen molar-refractivity contribution in [1.82, 2.24) is 0 Å². The maximum atomic E-state index is 6.16. The Bertz CT molecular complexity index is 420. The van der Waals surface area contributed by atoms with Gasteiger partial charge in [-0.15, -0.1) is 0 Å². The van der Waals surface area contributed by atoms with Gasteiger partial charge in [-0.25, -0.2) is 0 Å². The molecule has 2 saturated carbocycles. The van der Waals surface area contributed by atoms with Crippen molar-refractivity contribution in [1.29, 1.82) is 0 Å². The lowest BCUT2D eigenvalue weighted by atomic mass is 9.79. The fraction of sp³-hybridized carbons (Fsp3) is 0.700. The Labute approximate surface area is 130 Å². The van der Waals surface area contributed by atoms with Crippen molar-refractivity contribution in [3.05, 3.63) is 29.8 Å². The molecular formula is C20H30O. The summed E-state index contributed by atoms with van der Waals surface area (Å²) >= 11 is 0. The van der Waals surface area contributed by atoms with Crippen molar-refractivity contribution < 1.29 is 4.74 Å². The Kier molecular flexibility index (Phi) is 4.87. The van der Waals surface area contributed by atoms with Gasteiger partial charge in [0.05, 0.1) is 6.10 Å². The van der Waals surface area contributed by atoms with Crippen LogP contribution in [-0.2, 0) is 0 Å². The van der Waals surface area contributed by atoms with Gasteiger partial charge in [-0.3, -0.25) is 0 Å². The summed E-state index contributed by atoms with van der Waals surface area (Å²) < 4.78 is 6.16. The first-order valence-electron chi connectivity index (χ1n) is 8.97. The Balaban J connectivity index is 1.54. The van der Waals surface area contributed by atoms with Gasteiger partial charge in [0.25, 0.3) is 0 Å². The van der Waals surface area contributed by atoms with Crippen LogP contribution in [0, 0.1) is 11.8 Å². The second-order valence-corrected chi connectivity index (χ2v) is 7.53. The molecule has 0 N–H and O–H groups in total. The molecule has 1 nitrogen and oxygen atoms in total. The zero-order valence-corrected chi connectivity index (χ0v) is 13.7. The maximum absolute atomic E-state index is 6.16. The molecule has 0 radical (unpaired) electrons. The van der Waals surface area contributed by atoms with E-state index in [9.17, 15) is 0 Å². The summed E-state index contributed by atoms with van der Waals surface area (Å²) in [5, 5.41) is 0. The van der Waals surface area contributed by atoms with Gasteiger partial charge in [0, 0.05) is 0 Å². The van der Waals surface area contributed by atoms with Crippen LogP contribution in [0.1, 0.15) is 76.7 Å². The smallest absolute Gasteiger partial charge is 0.119 e. The number of ether oxygens (including phenoxy) is 1. The van der Waals surface area contributed by atoms with Gasteiger partial charge < -0.3 is 4.74 Å². The zero-order chi connectivity index (χ0) is 14.7. The van der Waals surface area contributed by atoms with E-state index < -0.39 is 0 Å². The van der Waals surface area contributed by atoms with Crippen LogP contribution in [0.3, 0.4) is 0 Å². The van der Waals surface area contributed by atoms with Gasteiger partial charge in [-0.1, -0.05) is 38.8 Å². The largest absolute Gasteiger partial charge is 0.490 e. The van der Waals surface area contributed by atoms with E-state index in [2.05, 4.69) is 38.1 Å². The third-order valence-electron chi connectivity index (χ3n) is 5.63. The fourth-order valence-corrected chi connectivity index (χ4v) is 3.95. The average Bonchev–Trinajstić information content (AvgIpc) is 2.51. The molecule has 1 heteroatoms. The summed E-state index contributed by atoms with van der Waals surface area (Å²) in [7, 11) is 0. The van der Waals surface area contributed by atoms with Gasteiger partial charge in [0.2, 0.25) is 0 Å². The standard InChI is InChI=1S/C20H30O/c1-15-3-7-17(8-4-15)18-9-13-20(14-10-18)21-19-11-5-16(2)6-12-19/h9-10,13-17,19H,3-8,11-12H2,1-2H3. The molecule has 2 aliphatic rings. The molecule has 0 saturated heterocycles. The monoisotopic (exact) mass is 286 g/mol. The Morgan fingerprint density at radius 3 is 1.81 bits per heavy atom. The molecule has 2 aliphatic carbocycles. The van der Waals surface area contributed by atoms with Crippen molar-refractivity contribution in [2.24, 2.45) is 11.8 Å². The summed E-state index contributed by atoms with van der Waals surface area (Å²) in [4.78, 5) is 0. The van der Waals surface area contributed by atoms with Crippen molar-refractivity contribution >= 4 is 0 Å². The molecule has 0 bridgehead atoms. The summed E-state index contributed by atoms with van der Waals surface area (Å²) in [5.74, 6) is 3.67. The number of benzene rings is 1. The molecule has 0 spiro atoms. The highest BCUT2D eigenvalue weighted by atomic mass is 16.5. The lowest BCUT2D eigenvalue weighted by Gasteiger charge is -2.28. The Hall–Kier alpha value is -0.980. The van der Waals surface area contributed by atoms with Gasteiger partial charge in [0.1, 0.15) is 5.75 Å². The van der Waals surface area contributed by atoms with Crippen molar-refractivity contribution in [2.75, 3.05) is 0 Å². The SMILES string of the molecule is CC1CCC(Oc2ccc(C3CCC(C)CC3)cc2)CC1. The van der Waals surface area contributed by atoms with E-state index in [1.807, 2.05) is 0 Å². The van der Waals surface area contributed by atoms with Crippen LogP contribution in [0.15, 0.2) is 24.3 Å². The predicted molar refractivity (Wildman–Crippen MR) is 88.9 cm³/mol. The molecule has 116 valence electrons. The summed E-state index contributed by atoms with van der Waals surface area (Å²) in [5.41, 5.74) is 1.52. The lowest BCUT2D eigenvalue weighted by molar-refractivity contribution is 0.135. The van der Waals surface area contributed by atoms with Gasteiger partial charge in [0.15, 0.2) is 0 Å². The first kappa shape index (κ1) is 14.9. The average molecular weight is 286 g/mol. The van der Waals surface area contributed by atoms with Gasteiger partial charge in [-0.05, 0) is 74.0 Å². The van der Waals surface area contributed by atoms with Crippen LogP contribution in [0.25, 0.3) is 0 Å². The molecular weight excluding hydrogens is 256 g/mol. The van der Waals surface area contributed by atoms with Gasteiger partial charge in [-0.2, -0.15) is 0 Å². The van der Waals surface area contributed by atoms with Crippen LogP contribution in [0.2, 0.25) is 0 Å². The topological polar surface area (TPSA) is 9.23 Å². The first-order chi connectivity index (χ1) is 10.2. The molecule has 0 aromatic heterocycles. The van der Waals surface area contributed by atoms with E-state index >= 15 is 0 Å². The van der Waals surface area contributed by atoms with Crippen LogP contribution in [0.4, 0.5) is 0 Å². The van der Waals surface area contributed by atoms with Crippen molar-refractivity contribution in [3.8, 4) is 5.75 Å². The normalized spacial score (nSPS) is 33.6. The van der Waals surface area contributed by atoms with Crippen molar-refractivity contribution in [3.63, 3.8) is 0 Å². The molecule has 1 aromatic carbocycles. The van der Waals surface area contributed by atoms with Crippen molar-refractivity contribution in [2.45, 2.75) is 77.2 Å². The second kappa shape index (κ2) is 6.85. The number of rotatable bonds is 3. The van der Waals surface area contributed by atoms with E-state index in [0.717, 1.165) is 23.5 Å². The molecule has 0 heterocycles. The molecule has 0 amide bonds. The number of hydrogen-bond donors (Lipinski definition) is 0. The third-order valence-corrected chi connectivity index (χ3v) is 5.63. The quantitative estimate of drug-likeness (QED) is 0.668. The van der Waals surface area contributed by atoms with Gasteiger partial charge >= 0.3 is 0 Å². The second-order valence-electron chi connectivity index (χ2n) is 7.53. The highest BCUT2D eigenvalue weighted by Crippen LogP contribution is 2.36. The highest BCUT2D eigenvalue weighted by Gasteiger charge is 2.21. The molecule has 0 aliphatic heterocycles. The molecule has 1 aromatic rings. The molecule has 0 atom stereocenters. The minimum absolute atomic E-state index is 0.447. The summed E-state index contributed by atoms with van der Waals surface area (Å²) in [6.45, 7) is 4.74. The molecule has 21 heavy (non-hydrogen) atoms. The predicted octanol–water partition coefficient (Wildman–Crippen LogP) is 5.94. The molecule has 2 fully saturated rings. The molecule has 3 rings (SSSR count). The van der Waals surface area contributed by atoms with E-state index in [1.165, 1.54) is 56.9 Å². The molecule has 0 unspecified atom stereocenters. The van der Waals surface area contributed by atoms with Crippen LogP contribution in [0.5, 0.6) is 5.75 Å². The van der Waals surface area contributed by atoms with Crippen LogP contribution < -0.4 is 4.74 Å². The lowest BCUT2D eigenvalue weighted by Crippen LogP contribution is -2.23. The zero-order valence-electron chi connectivity index (χ0n) is 13.7. The number of hydrogen-bond acceptors (Lipinski definition) is 1. The first-order valence-corrected chi connectivity index (χ1v) is 8.97. The van der Waals surface area contributed by atoms with Crippen LogP contribution in [-0.4, -0.2) is 6.10 Å². The summed E-state index contributed by atoms with van der Waals surface area (Å²) in [6, 6.07) is 9.01. The Morgan fingerprint density at radius 1 is 0.714 bits per heavy atom. The minimum Gasteiger partial charge on any atom is -0.490 e. The van der Waals surface area contributed by atoms with Crippen LogP contribution >= 0.6 is 0 Å². The van der Waals surface area contributed by atoms with E-state index in [1.54, 1.807) is 0 Å². The van der Waals surface area contributed by atoms with E-state index in [4.69, 9.17) is 4.74 Å². The highest BCUT2D eigenvalue weighted by molar-refractivity contribution is 5.30.